The lowest BCUT2D eigenvalue weighted by atomic mass is 9.99. The average Bonchev–Trinajstić information content (AvgIpc) is 2.30. The highest BCUT2D eigenvalue weighted by Crippen LogP contribution is 2.23. The SMILES string of the molecule is CCOC(=O)C1C=Nc2cncnc2C1=O. The minimum absolute atomic E-state index is 0.163. The molecule has 0 saturated heterocycles. The van der Waals surface area contributed by atoms with E-state index in [9.17, 15) is 9.59 Å². The molecule has 82 valence electrons. The van der Waals surface area contributed by atoms with Gasteiger partial charge in [-0.25, -0.2) is 9.97 Å². The summed E-state index contributed by atoms with van der Waals surface area (Å²) in [6, 6.07) is 0. The summed E-state index contributed by atoms with van der Waals surface area (Å²) >= 11 is 0. The molecular formula is C10H9N3O3. The number of esters is 1. The van der Waals surface area contributed by atoms with Crippen LogP contribution >= 0.6 is 0 Å². The number of rotatable bonds is 2. The molecule has 0 aromatic carbocycles. The van der Waals surface area contributed by atoms with Gasteiger partial charge < -0.3 is 4.74 Å². The van der Waals surface area contributed by atoms with Crippen molar-refractivity contribution in [2.45, 2.75) is 6.92 Å². The Bertz CT molecular complexity index is 470. The van der Waals surface area contributed by atoms with Crippen molar-refractivity contribution in [3.8, 4) is 0 Å². The Morgan fingerprint density at radius 2 is 2.38 bits per heavy atom. The number of fused-ring (bicyclic) bond motifs is 1. The number of carbonyl (C=O) groups excluding carboxylic acids is 2. The van der Waals surface area contributed by atoms with Gasteiger partial charge in [0.15, 0.2) is 5.92 Å². The first-order valence-electron chi connectivity index (χ1n) is 4.79. The zero-order valence-corrected chi connectivity index (χ0v) is 8.58. The Hall–Kier alpha value is -2.11. The van der Waals surface area contributed by atoms with Gasteiger partial charge in [-0.05, 0) is 6.92 Å². The van der Waals surface area contributed by atoms with Gasteiger partial charge in [-0.15, -0.1) is 0 Å². The summed E-state index contributed by atoms with van der Waals surface area (Å²) in [6.45, 7) is 1.91. The maximum Gasteiger partial charge on any atom is 0.322 e. The minimum Gasteiger partial charge on any atom is -0.465 e. The van der Waals surface area contributed by atoms with Crippen LogP contribution in [0.5, 0.6) is 0 Å². The Balaban J connectivity index is 2.31. The lowest BCUT2D eigenvalue weighted by Gasteiger charge is -2.14. The van der Waals surface area contributed by atoms with Crippen molar-refractivity contribution >= 4 is 23.7 Å². The van der Waals surface area contributed by atoms with E-state index in [2.05, 4.69) is 15.0 Å². The van der Waals surface area contributed by atoms with Gasteiger partial charge in [-0.2, -0.15) is 0 Å². The number of nitrogens with zero attached hydrogens (tertiary/aromatic N) is 3. The molecule has 16 heavy (non-hydrogen) atoms. The van der Waals surface area contributed by atoms with Gasteiger partial charge in [0.2, 0.25) is 5.78 Å². The van der Waals surface area contributed by atoms with Crippen molar-refractivity contribution in [1.82, 2.24) is 9.97 Å². The van der Waals surface area contributed by atoms with Crippen LogP contribution in [0.3, 0.4) is 0 Å². The molecule has 0 saturated carbocycles. The minimum atomic E-state index is -0.984. The first-order chi connectivity index (χ1) is 7.74. The van der Waals surface area contributed by atoms with Gasteiger partial charge >= 0.3 is 5.97 Å². The highest BCUT2D eigenvalue weighted by atomic mass is 16.5. The highest BCUT2D eigenvalue weighted by molar-refractivity contribution is 6.21. The molecule has 1 aromatic heterocycles. The Morgan fingerprint density at radius 1 is 1.56 bits per heavy atom. The topological polar surface area (TPSA) is 81.5 Å². The monoisotopic (exact) mass is 219 g/mol. The number of hydrogen-bond donors (Lipinski definition) is 0. The number of hydrogen-bond acceptors (Lipinski definition) is 6. The Labute approximate surface area is 91.4 Å². The molecule has 6 nitrogen and oxygen atoms in total. The van der Waals surface area contributed by atoms with E-state index in [4.69, 9.17) is 4.74 Å². The third-order valence-electron chi connectivity index (χ3n) is 2.11. The van der Waals surface area contributed by atoms with Crippen molar-refractivity contribution < 1.29 is 14.3 Å². The van der Waals surface area contributed by atoms with Gasteiger partial charge in [0.25, 0.3) is 0 Å². The summed E-state index contributed by atoms with van der Waals surface area (Å²) in [6.07, 6.45) is 3.95. The van der Waals surface area contributed by atoms with Crippen LogP contribution in [0.4, 0.5) is 5.69 Å². The van der Waals surface area contributed by atoms with Crippen molar-refractivity contribution in [2.75, 3.05) is 6.61 Å². The third-order valence-corrected chi connectivity index (χ3v) is 2.11. The molecule has 0 fully saturated rings. The number of ether oxygens (including phenoxy) is 1. The standard InChI is InChI=1S/C10H9N3O3/c1-2-16-10(15)6-3-12-7-4-11-5-13-8(7)9(6)14/h3-6H,2H2,1H3. The van der Waals surface area contributed by atoms with E-state index in [0.29, 0.717) is 5.69 Å². The van der Waals surface area contributed by atoms with Crippen molar-refractivity contribution in [2.24, 2.45) is 10.9 Å². The molecule has 2 heterocycles. The molecular weight excluding hydrogens is 210 g/mol. The number of aromatic nitrogens is 2. The fraction of sp³-hybridized carbons (Fsp3) is 0.300. The van der Waals surface area contributed by atoms with Crippen LogP contribution in [0.1, 0.15) is 17.4 Å². The quantitative estimate of drug-likeness (QED) is 0.536. The van der Waals surface area contributed by atoms with Gasteiger partial charge in [0.05, 0.1) is 12.8 Å². The van der Waals surface area contributed by atoms with Crippen molar-refractivity contribution in [3.63, 3.8) is 0 Å². The summed E-state index contributed by atoms with van der Waals surface area (Å²) in [4.78, 5) is 34.8. The van der Waals surface area contributed by atoms with Gasteiger partial charge in [-0.1, -0.05) is 0 Å². The highest BCUT2D eigenvalue weighted by Gasteiger charge is 2.32. The first-order valence-corrected chi connectivity index (χ1v) is 4.79. The molecule has 0 amide bonds. The molecule has 0 spiro atoms. The van der Waals surface area contributed by atoms with E-state index in [1.54, 1.807) is 6.92 Å². The second-order valence-corrected chi connectivity index (χ2v) is 3.13. The summed E-state index contributed by atoms with van der Waals surface area (Å²) in [5.41, 5.74) is 0.545. The number of carbonyl (C=O) groups is 2. The largest absolute Gasteiger partial charge is 0.465 e. The van der Waals surface area contributed by atoms with Gasteiger partial charge in [-0.3, -0.25) is 14.6 Å². The van der Waals surface area contributed by atoms with E-state index < -0.39 is 17.7 Å². The van der Waals surface area contributed by atoms with Crippen molar-refractivity contribution in [1.29, 1.82) is 0 Å². The van der Waals surface area contributed by atoms with E-state index in [1.165, 1.54) is 18.7 Å². The maximum absolute atomic E-state index is 11.9. The van der Waals surface area contributed by atoms with Crippen LogP contribution < -0.4 is 0 Å². The first kappa shape index (κ1) is 10.4. The lowest BCUT2D eigenvalue weighted by molar-refractivity contribution is -0.144. The zero-order chi connectivity index (χ0) is 11.5. The van der Waals surface area contributed by atoms with Crippen LogP contribution in [0.15, 0.2) is 17.5 Å². The summed E-state index contributed by atoms with van der Waals surface area (Å²) < 4.78 is 4.77. The van der Waals surface area contributed by atoms with E-state index in [-0.39, 0.29) is 12.3 Å². The molecule has 1 unspecified atom stereocenters. The van der Waals surface area contributed by atoms with Crippen molar-refractivity contribution in [3.05, 3.63) is 18.2 Å². The number of aliphatic imine (C=N–C) groups is 1. The summed E-state index contributed by atoms with van der Waals surface area (Å²) in [5.74, 6) is -1.98. The summed E-state index contributed by atoms with van der Waals surface area (Å²) in [7, 11) is 0. The predicted octanol–water partition coefficient (Wildman–Crippen LogP) is 0.554. The van der Waals surface area contributed by atoms with Crippen LogP contribution in [-0.4, -0.2) is 34.5 Å². The Morgan fingerprint density at radius 3 is 3.12 bits per heavy atom. The zero-order valence-electron chi connectivity index (χ0n) is 8.58. The molecule has 2 rings (SSSR count). The predicted molar refractivity (Wildman–Crippen MR) is 54.6 cm³/mol. The molecule has 0 aliphatic carbocycles. The van der Waals surface area contributed by atoms with Crippen LogP contribution in [0.25, 0.3) is 0 Å². The average molecular weight is 219 g/mol. The molecule has 1 atom stereocenters. The normalized spacial score (nSPS) is 18.1. The lowest BCUT2D eigenvalue weighted by Crippen LogP contribution is -2.30. The fourth-order valence-electron chi connectivity index (χ4n) is 1.38. The van der Waals surface area contributed by atoms with Crippen LogP contribution in [0, 0.1) is 5.92 Å². The smallest absolute Gasteiger partial charge is 0.322 e. The molecule has 1 aromatic rings. The second kappa shape index (κ2) is 4.18. The van der Waals surface area contributed by atoms with Gasteiger partial charge in [0.1, 0.15) is 17.7 Å². The molecule has 1 aliphatic rings. The van der Waals surface area contributed by atoms with Crippen LogP contribution in [0.2, 0.25) is 0 Å². The second-order valence-electron chi connectivity index (χ2n) is 3.13. The molecule has 1 aliphatic heterocycles. The summed E-state index contributed by atoms with van der Waals surface area (Å²) in [5, 5.41) is 0. The molecule has 0 bridgehead atoms. The van der Waals surface area contributed by atoms with E-state index in [0.717, 1.165) is 0 Å². The van der Waals surface area contributed by atoms with Crippen LogP contribution in [-0.2, 0) is 9.53 Å². The Kier molecular flexibility index (Phi) is 2.72. The maximum atomic E-state index is 11.9. The van der Waals surface area contributed by atoms with E-state index >= 15 is 0 Å². The number of ketones is 1. The molecule has 0 N–H and O–H groups in total. The fourth-order valence-corrected chi connectivity index (χ4v) is 1.38. The van der Waals surface area contributed by atoms with E-state index in [1.807, 2.05) is 0 Å². The van der Waals surface area contributed by atoms with Gasteiger partial charge in [0, 0.05) is 6.21 Å². The number of Topliss-reactive ketones (excluding diaryl/α,β-unsaturated/α-hetero) is 1. The molecule has 0 radical (unpaired) electrons. The molecule has 6 heteroatoms. The third kappa shape index (κ3) is 1.69.